The van der Waals surface area contributed by atoms with Crippen LogP contribution in [0.5, 0.6) is 0 Å². The molecule has 1 aliphatic heterocycles. The molecule has 1 heterocycles. The smallest absolute Gasteiger partial charge is 0.342 e. The normalized spacial score (nSPS) is 20.3. The fraction of sp³-hybridized carbons (Fsp3) is 0.588. The summed E-state index contributed by atoms with van der Waals surface area (Å²) >= 11 is 0. The van der Waals surface area contributed by atoms with Crippen LogP contribution in [0.2, 0.25) is 0 Å². The van der Waals surface area contributed by atoms with Gasteiger partial charge in [0.25, 0.3) is 0 Å². The minimum Gasteiger partial charge on any atom is -0.342 e. The second-order valence-electron chi connectivity index (χ2n) is 6.11. The molecule has 2 atom stereocenters. The number of hydrogen-bond acceptors (Lipinski definition) is 2. The highest BCUT2D eigenvalue weighted by Gasteiger charge is 2.42. The zero-order valence-corrected chi connectivity index (χ0v) is 13.3. The van der Waals surface area contributed by atoms with Crippen molar-refractivity contribution in [3.63, 3.8) is 0 Å². The molecule has 0 aromatic heterocycles. The van der Waals surface area contributed by atoms with Crippen LogP contribution in [0.3, 0.4) is 0 Å². The van der Waals surface area contributed by atoms with Crippen LogP contribution < -0.4 is 5.32 Å². The molecule has 1 fully saturated rings. The van der Waals surface area contributed by atoms with E-state index in [0.29, 0.717) is 19.0 Å². The highest BCUT2D eigenvalue weighted by molar-refractivity contribution is 5.77. The van der Waals surface area contributed by atoms with Crippen LogP contribution >= 0.6 is 0 Å². The maximum absolute atomic E-state index is 13.4. The summed E-state index contributed by atoms with van der Waals surface area (Å²) in [7, 11) is 1.84. The maximum Gasteiger partial charge on any atom is 0.396 e. The summed E-state index contributed by atoms with van der Waals surface area (Å²) in [6, 6.07) is 7.69. The number of rotatable bonds is 5. The minimum atomic E-state index is -4.42. The van der Waals surface area contributed by atoms with Crippen molar-refractivity contribution in [2.45, 2.75) is 31.4 Å². The molecule has 0 bridgehead atoms. The van der Waals surface area contributed by atoms with Crippen molar-refractivity contribution in [3.8, 4) is 0 Å². The van der Waals surface area contributed by atoms with Gasteiger partial charge in [-0.2, -0.15) is 13.2 Å². The van der Waals surface area contributed by atoms with Gasteiger partial charge in [-0.15, -0.1) is 0 Å². The van der Waals surface area contributed by atoms with E-state index in [9.17, 15) is 18.0 Å². The summed E-state index contributed by atoms with van der Waals surface area (Å²) in [5.41, 5.74) is 0.150. The molecule has 1 saturated heterocycles. The second-order valence-corrected chi connectivity index (χ2v) is 6.11. The van der Waals surface area contributed by atoms with Crippen LogP contribution in [0.25, 0.3) is 0 Å². The number of hydrogen-bond donors (Lipinski definition) is 1. The average molecular weight is 328 g/mol. The first-order chi connectivity index (χ1) is 10.9. The third-order valence-electron chi connectivity index (χ3n) is 4.34. The average Bonchev–Trinajstić information content (AvgIpc) is 2.52. The fourth-order valence-corrected chi connectivity index (χ4v) is 3.16. The highest BCUT2D eigenvalue weighted by atomic mass is 19.4. The van der Waals surface area contributed by atoms with Gasteiger partial charge in [-0.3, -0.25) is 4.79 Å². The molecular formula is C17H23F3N2O. The molecule has 128 valence electrons. The largest absolute Gasteiger partial charge is 0.396 e. The number of alkyl halides is 3. The van der Waals surface area contributed by atoms with Crippen molar-refractivity contribution < 1.29 is 18.0 Å². The summed E-state index contributed by atoms with van der Waals surface area (Å²) in [6.45, 7) is 1.88. The van der Waals surface area contributed by atoms with Gasteiger partial charge in [-0.1, -0.05) is 30.3 Å². The van der Waals surface area contributed by atoms with E-state index in [2.05, 4.69) is 5.32 Å². The van der Waals surface area contributed by atoms with Crippen molar-refractivity contribution in [1.82, 2.24) is 10.2 Å². The van der Waals surface area contributed by atoms with E-state index >= 15 is 0 Å². The molecule has 0 saturated carbocycles. The van der Waals surface area contributed by atoms with Crippen molar-refractivity contribution >= 4 is 5.91 Å². The van der Waals surface area contributed by atoms with Crippen LogP contribution in [-0.2, 0) is 4.79 Å². The SMILES string of the molecule is CNCC1CCCN(C(=O)CC(c2ccccc2)C(F)(F)F)C1. The molecule has 23 heavy (non-hydrogen) atoms. The van der Waals surface area contributed by atoms with Crippen LogP contribution in [0.4, 0.5) is 13.2 Å². The predicted octanol–water partition coefficient (Wildman–Crippen LogP) is 3.18. The van der Waals surface area contributed by atoms with Gasteiger partial charge in [-0.25, -0.2) is 0 Å². The number of piperidine rings is 1. The van der Waals surface area contributed by atoms with E-state index in [4.69, 9.17) is 0 Å². The molecule has 1 N–H and O–H groups in total. The molecule has 2 rings (SSSR count). The maximum atomic E-state index is 13.4. The van der Waals surface area contributed by atoms with E-state index < -0.39 is 24.4 Å². The van der Waals surface area contributed by atoms with Gasteiger partial charge < -0.3 is 10.2 Å². The van der Waals surface area contributed by atoms with E-state index in [-0.39, 0.29) is 5.56 Å². The number of benzene rings is 1. The highest BCUT2D eigenvalue weighted by Crippen LogP contribution is 2.38. The standard InChI is InChI=1S/C17H23F3N2O/c1-21-11-13-6-5-9-22(12-13)16(23)10-15(17(18,19)20)14-7-3-2-4-8-14/h2-4,7-8,13,15,21H,5-6,9-12H2,1H3. The van der Waals surface area contributed by atoms with Crippen molar-refractivity contribution in [2.75, 3.05) is 26.7 Å². The summed E-state index contributed by atoms with van der Waals surface area (Å²) < 4.78 is 40.1. The molecule has 1 aromatic rings. The zero-order chi connectivity index (χ0) is 16.9. The molecule has 2 unspecified atom stereocenters. The summed E-state index contributed by atoms with van der Waals surface area (Å²) in [4.78, 5) is 14.0. The lowest BCUT2D eigenvalue weighted by molar-refractivity contribution is -0.161. The van der Waals surface area contributed by atoms with Crippen molar-refractivity contribution in [2.24, 2.45) is 5.92 Å². The number of likely N-dealkylation sites (tertiary alicyclic amines) is 1. The number of nitrogens with one attached hydrogen (secondary N) is 1. The first kappa shape index (κ1) is 17.8. The zero-order valence-electron chi connectivity index (χ0n) is 13.3. The molecule has 3 nitrogen and oxygen atoms in total. The number of carbonyl (C=O) groups excluding carboxylic acids is 1. The number of amides is 1. The Morgan fingerprint density at radius 1 is 1.35 bits per heavy atom. The first-order valence-electron chi connectivity index (χ1n) is 7.96. The third-order valence-corrected chi connectivity index (χ3v) is 4.34. The Balaban J connectivity index is 2.06. The quantitative estimate of drug-likeness (QED) is 0.900. The molecule has 1 aliphatic rings. The van der Waals surface area contributed by atoms with Gasteiger partial charge in [0.2, 0.25) is 5.91 Å². The Kier molecular flexibility index (Phi) is 6.04. The van der Waals surface area contributed by atoms with Crippen molar-refractivity contribution in [3.05, 3.63) is 35.9 Å². The second kappa shape index (κ2) is 7.81. The molecule has 6 heteroatoms. The van der Waals surface area contributed by atoms with E-state index in [1.165, 1.54) is 12.1 Å². The minimum absolute atomic E-state index is 0.150. The summed E-state index contributed by atoms with van der Waals surface area (Å²) in [5, 5.41) is 3.07. The third kappa shape index (κ3) is 4.96. The molecule has 1 amide bonds. The Bertz CT molecular complexity index is 502. The lowest BCUT2D eigenvalue weighted by atomic mass is 9.93. The topological polar surface area (TPSA) is 32.3 Å². The van der Waals surface area contributed by atoms with E-state index in [1.54, 1.807) is 23.1 Å². The Labute approximate surface area is 134 Å². The Morgan fingerprint density at radius 3 is 2.65 bits per heavy atom. The van der Waals surface area contributed by atoms with Crippen molar-refractivity contribution in [1.29, 1.82) is 0 Å². The van der Waals surface area contributed by atoms with Crippen LogP contribution in [-0.4, -0.2) is 43.7 Å². The number of halogens is 3. The molecule has 0 radical (unpaired) electrons. The lowest BCUT2D eigenvalue weighted by Gasteiger charge is -2.34. The van der Waals surface area contributed by atoms with E-state index in [1.807, 2.05) is 7.05 Å². The fourth-order valence-electron chi connectivity index (χ4n) is 3.16. The Hall–Kier alpha value is -1.56. The van der Waals surface area contributed by atoms with Gasteiger partial charge in [-0.05, 0) is 37.9 Å². The van der Waals surface area contributed by atoms with Gasteiger partial charge in [0.1, 0.15) is 0 Å². The first-order valence-corrected chi connectivity index (χ1v) is 7.96. The molecular weight excluding hydrogens is 305 g/mol. The van der Waals surface area contributed by atoms with Gasteiger partial charge in [0, 0.05) is 19.5 Å². The monoisotopic (exact) mass is 328 g/mol. The summed E-state index contributed by atoms with van der Waals surface area (Å²) in [5.74, 6) is -1.82. The number of nitrogens with zero attached hydrogens (tertiary/aromatic N) is 1. The molecule has 1 aromatic carbocycles. The predicted molar refractivity (Wildman–Crippen MR) is 83.1 cm³/mol. The van der Waals surface area contributed by atoms with E-state index in [0.717, 1.165) is 19.4 Å². The Morgan fingerprint density at radius 2 is 2.04 bits per heavy atom. The van der Waals surface area contributed by atoms with Gasteiger partial charge in [0.15, 0.2) is 0 Å². The van der Waals surface area contributed by atoms with Crippen LogP contribution in [0.1, 0.15) is 30.7 Å². The van der Waals surface area contributed by atoms with Gasteiger partial charge >= 0.3 is 6.18 Å². The summed E-state index contributed by atoms with van der Waals surface area (Å²) in [6.07, 6.45) is -3.08. The number of carbonyl (C=O) groups is 1. The molecule has 0 aliphatic carbocycles. The molecule has 0 spiro atoms. The van der Waals surface area contributed by atoms with Crippen LogP contribution in [0.15, 0.2) is 30.3 Å². The lowest BCUT2D eigenvalue weighted by Crippen LogP contribution is -2.43. The van der Waals surface area contributed by atoms with Crippen LogP contribution in [0, 0.1) is 5.92 Å². The van der Waals surface area contributed by atoms with Gasteiger partial charge in [0.05, 0.1) is 5.92 Å².